The van der Waals surface area contributed by atoms with Crippen LogP contribution in [0.5, 0.6) is 17.2 Å². The second kappa shape index (κ2) is 8.20. The number of nitrogens with one attached hydrogen (secondary N) is 1. The van der Waals surface area contributed by atoms with Gasteiger partial charge in [0.15, 0.2) is 11.5 Å². The molecule has 0 saturated carbocycles. The van der Waals surface area contributed by atoms with Gasteiger partial charge in [0.2, 0.25) is 5.75 Å². The summed E-state index contributed by atoms with van der Waals surface area (Å²) in [6, 6.07) is 9.58. The number of aryl methyl sites for hydroxylation is 1. The van der Waals surface area contributed by atoms with Crippen LogP contribution in [0.3, 0.4) is 0 Å². The summed E-state index contributed by atoms with van der Waals surface area (Å²) < 4.78 is 22.6. The first kappa shape index (κ1) is 18.8. The van der Waals surface area contributed by atoms with E-state index in [1.165, 1.54) is 6.33 Å². The SMILES string of the molecule is COCCOc1cc2ncnc(Nc3ccc(C)c(C#N)c3)c2c2c1OCCO2. The van der Waals surface area contributed by atoms with E-state index in [4.69, 9.17) is 18.9 Å². The maximum Gasteiger partial charge on any atom is 0.204 e. The molecule has 1 aromatic heterocycles. The topological polar surface area (TPSA) is 98.5 Å². The van der Waals surface area contributed by atoms with Gasteiger partial charge in [0.1, 0.15) is 32.0 Å². The highest BCUT2D eigenvalue weighted by molar-refractivity contribution is 5.99. The van der Waals surface area contributed by atoms with Crippen molar-refractivity contribution in [2.24, 2.45) is 0 Å². The molecule has 4 rings (SSSR count). The summed E-state index contributed by atoms with van der Waals surface area (Å²) in [7, 11) is 1.62. The zero-order valence-corrected chi connectivity index (χ0v) is 16.2. The standard InChI is InChI=1S/C21H20N4O4/c1-13-3-4-15(9-14(13)11-22)25-21-18-16(23-12-24-21)10-17(27-6-5-26-2)19-20(18)29-8-7-28-19/h3-4,9-10,12H,5-8H2,1-2H3,(H,23,24,25). The Balaban J connectivity index is 1.79. The largest absolute Gasteiger partial charge is 0.487 e. The first-order valence-corrected chi connectivity index (χ1v) is 9.18. The van der Waals surface area contributed by atoms with Gasteiger partial charge in [-0.25, -0.2) is 9.97 Å². The Morgan fingerprint density at radius 2 is 1.97 bits per heavy atom. The maximum atomic E-state index is 9.30. The maximum absolute atomic E-state index is 9.30. The molecule has 0 saturated heterocycles. The quantitative estimate of drug-likeness (QED) is 0.638. The second-order valence-electron chi connectivity index (χ2n) is 6.45. The molecular weight excluding hydrogens is 372 g/mol. The number of fused-ring (bicyclic) bond motifs is 3. The van der Waals surface area contributed by atoms with Crippen LogP contribution in [-0.2, 0) is 4.74 Å². The minimum Gasteiger partial charge on any atom is -0.487 e. The fourth-order valence-electron chi connectivity index (χ4n) is 3.10. The molecule has 8 nitrogen and oxygen atoms in total. The number of anilines is 2. The monoisotopic (exact) mass is 392 g/mol. The Morgan fingerprint density at radius 3 is 2.76 bits per heavy atom. The predicted octanol–water partition coefficient (Wildman–Crippen LogP) is 3.35. The first-order chi connectivity index (χ1) is 14.2. The van der Waals surface area contributed by atoms with Crippen LogP contribution in [0.2, 0.25) is 0 Å². The average molecular weight is 392 g/mol. The molecule has 0 atom stereocenters. The van der Waals surface area contributed by atoms with Gasteiger partial charge in [-0.2, -0.15) is 5.26 Å². The van der Waals surface area contributed by atoms with Crippen LogP contribution in [0.1, 0.15) is 11.1 Å². The van der Waals surface area contributed by atoms with Crippen molar-refractivity contribution in [1.29, 1.82) is 5.26 Å². The van der Waals surface area contributed by atoms with Crippen LogP contribution >= 0.6 is 0 Å². The highest BCUT2D eigenvalue weighted by atomic mass is 16.6. The van der Waals surface area contributed by atoms with Crippen molar-refractivity contribution in [3.63, 3.8) is 0 Å². The number of hydrogen-bond acceptors (Lipinski definition) is 8. The molecule has 1 N–H and O–H groups in total. The molecule has 0 radical (unpaired) electrons. The molecule has 148 valence electrons. The van der Waals surface area contributed by atoms with Crippen LogP contribution in [-0.4, -0.2) is 43.5 Å². The van der Waals surface area contributed by atoms with E-state index in [0.29, 0.717) is 66.0 Å². The highest BCUT2D eigenvalue weighted by Gasteiger charge is 2.24. The summed E-state index contributed by atoms with van der Waals surface area (Å²) in [5.41, 5.74) is 2.92. The van der Waals surface area contributed by atoms with Crippen molar-refractivity contribution in [2.75, 3.05) is 38.9 Å². The van der Waals surface area contributed by atoms with Gasteiger partial charge in [-0.15, -0.1) is 0 Å². The normalized spacial score (nSPS) is 12.4. The van der Waals surface area contributed by atoms with E-state index in [-0.39, 0.29) is 0 Å². The molecule has 3 aromatic rings. The van der Waals surface area contributed by atoms with E-state index in [1.54, 1.807) is 19.2 Å². The van der Waals surface area contributed by atoms with Gasteiger partial charge in [-0.3, -0.25) is 0 Å². The van der Waals surface area contributed by atoms with E-state index in [2.05, 4.69) is 21.4 Å². The lowest BCUT2D eigenvalue weighted by atomic mass is 10.1. The molecule has 0 amide bonds. The number of rotatable bonds is 6. The third-order valence-electron chi connectivity index (χ3n) is 4.54. The van der Waals surface area contributed by atoms with Crippen molar-refractivity contribution in [1.82, 2.24) is 9.97 Å². The number of nitriles is 1. The number of benzene rings is 2. The zero-order valence-electron chi connectivity index (χ0n) is 16.2. The minimum absolute atomic E-state index is 0.383. The third-order valence-corrected chi connectivity index (χ3v) is 4.54. The van der Waals surface area contributed by atoms with Crippen LogP contribution in [0, 0.1) is 18.3 Å². The van der Waals surface area contributed by atoms with Gasteiger partial charge in [-0.05, 0) is 24.6 Å². The minimum atomic E-state index is 0.383. The van der Waals surface area contributed by atoms with Crippen LogP contribution in [0.25, 0.3) is 10.9 Å². The van der Waals surface area contributed by atoms with Crippen molar-refractivity contribution in [2.45, 2.75) is 6.92 Å². The Labute approximate surface area is 168 Å². The Hall–Kier alpha value is -3.57. The van der Waals surface area contributed by atoms with Crippen molar-refractivity contribution in [3.8, 4) is 23.3 Å². The summed E-state index contributed by atoms with van der Waals surface area (Å²) in [5.74, 6) is 2.18. The van der Waals surface area contributed by atoms with E-state index in [0.717, 1.165) is 11.3 Å². The van der Waals surface area contributed by atoms with Gasteiger partial charge in [-0.1, -0.05) is 6.07 Å². The second-order valence-corrected chi connectivity index (χ2v) is 6.45. The molecule has 1 aliphatic heterocycles. The molecule has 0 bridgehead atoms. The lowest BCUT2D eigenvalue weighted by molar-refractivity contribution is 0.134. The summed E-state index contributed by atoms with van der Waals surface area (Å²) >= 11 is 0. The summed E-state index contributed by atoms with van der Waals surface area (Å²) in [4.78, 5) is 8.77. The molecule has 8 heteroatoms. The Morgan fingerprint density at radius 1 is 1.14 bits per heavy atom. The molecule has 0 fully saturated rings. The van der Waals surface area contributed by atoms with E-state index in [1.807, 2.05) is 19.1 Å². The van der Waals surface area contributed by atoms with Crippen LogP contribution in [0.4, 0.5) is 11.5 Å². The number of ether oxygens (including phenoxy) is 4. The van der Waals surface area contributed by atoms with E-state index < -0.39 is 0 Å². The molecule has 0 unspecified atom stereocenters. The average Bonchev–Trinajstić information content (AvgIpc) is 2.75. The number of nitrogens with zero attached hydrogens (tertiary/aromatic N) is 3. The van der Waals surface area contributed by atoms with Crippen LogP contribution < -0.4 is 19.5 Å². The fraction of sp³-hybridized carbons (Fsp3) is 0.286. The number of hydrogen-bond donors (Lipinski definition) is 1. The van der Waals surface area contributed by atoms with Gasteiger partial charge in [0, 0.05) is 18.9 Å². The number of methoxy groups -OCH3 is 1. The fourth-order valence-corrected chi connectivity index (χ4v) is 3.10. The van der Waals surface area contributed by atoms with Gasteiger partial charge < -0.3 is 24.3 Å². The molecule has 0 aliphatic carbocycles. The summed E-state index contributed by atoms with van der Waals surface area (Å²) in [6.07, 6.45) is 1.47. The van der Waals surface area contributed by atoms with E-state index >= 15 is 0 Å². The van der Waals surface area contributed by atoms with Crippen molar-refractivity contribution >= 4 is 22.4 Å². The van der Waals surface area contributed by atoms with Crippen LogP contribution in [0.15, 0.2) is 30.6 Å². The molecule has 29 heavy (non-hydrogen) atoms. The molecule has 2 heterocycles. The zero-order chi connectivity index (χ0) is 20.2. The molecule has 0 spiro atoms. The first-order valence-electron chi connectivity index (χ1n) is 9.18. The van der Waals surface area contributed by atoms with Gasteiger partial charge >= 0.3 is 0 Å². The molecule has 2 aromatic carbocycles. The van der Waals surface area contributed by atoms with E-state index in [9.17, 15) is 5.26 Å². The van der Waals surface area contributed by atoms with Gasteiger partial charge in [0.25, 0.3) is 0 Å². The molecular formula is C21H20N4O4. The summed E-state index contributed by atoms with van der Waals surface area (Å²) in [5, 5.41) is 13.3. The molecule has 1 aliphatic rings. The smallest absolute Gasteiger partial charge is 0.204 e. The van der Waals surface area contributed by atoms with Crippen molar-refractivity contribution in [3.05, 3.63) is 41.7 Å². The third kappa shape index (κ3) is 3.73. The van der Waals surface area contributed by atoms with Crippen molar-refractivity contribution < 1.29 is 18.9 Å². The Kier molecular flexibility index (Phi) is 5.31. The lowest BCUT2D eigenvalue weighted by Gasteiger charge is -2.23. The lowest BCUT2D eigenvalue weighted by Crippen LogP contribution is -2.17. The summed E-state index contributed by atoms with van der Waals surface area (Å²) in [6.45, 7) is 3.59. The van der Waals surface area contributed by atoms with Gasteiger partial charge in [0.05, 0.1) is 29.1 Å². The predicted molar refractivity (Wildman–Crippen MR) is 107 cm³/mol. The Bertz CT molecular complexity index is 1090. The number of aromatic nitrogens is 2. The highest BCUT2D eigenvalue weighted by Crippen LogP contribution is 2.47.